The second-order valence-corrected chi connectivity index (χ2v) is 8.14. The molecule has 1 heterocycles. The van der Waals surface area contributed by atoms with E-state index in [1.807, 2.05) is 6.07 Å². The van der Waals surface area contributed by atoms with Crippen molar-refractivity contribution in [3.05, 3.63) is 37.0 Å². The average molecular weight is 320 g/mol. The van der Waals surface area contributed by atoms with Gasteiger partial charge in [0, 0.05) is 13.0 Å². The molecule has 1 aromatic carbocycles. The van der Waals surface area contributed by atoms with Crippen molar-refractivity contribution in [1.29, 1.82) is 0 Å². The molecule has 1 aromatic rings. The van der Waals surface area contributed by atoms with Gasteiger partial charge in [-0.2, -0.15) is 0 Å². The maximum atomic E-state index is 6.62. The Morgan fingerprint density at radius 1 is 1.23 bits per heavy atom. The van der Waals surface area contributed by atoms with Gasteiger partial charge in [0.15, 0.2) is 6.29 Å². The van der Waals surface area contributed by atoms with Crippen molar-refractivity contribution < 1.29 is 14.2 Å². The molecular formula is C18H25O3P. The molecule has 5 atom stereocenters. The van der Waals surface area contributed by atoms with E-state index in [1.54, 1.807) is 7.11 Å². The van der Waals surface area contributed by atoms with Crippen LogP contribution >= 0.6 is 7.92 Å². The third-order valence-corrected chi connectivity index (χ3v) is 6.94. The lowest BCUT2D eigenvalue weighted by Gasteiger charge is -2.37. The summed E-state index contributed by atoms with van der Waals surface area (Å²) in [5.41, 5.74) is 0.490. The highest BCUT2D eigenvalue weighted by molar-refractivity contribution is 7.67. The molecular weight excluding hydrogens is 295 g/mol. The van der Waals surface area contributed by atoms with Crippen molar-refractivity contribution >= 4 is 13.2 Å². The predicted octanol–water partition coefficient (Wildman–Crippen LogP) is 3.41. The maximum absolute atomic E-state index is 6.62. The van der Waals surface area contributed by atoms with E-state index in [1.165, 1.54) is 18.1 Å². The monoisotopic (exact) mass is 320 g/mol. The summed E-state index contributed by atoms with van der Waals surface area (Å²) < 4.78 is 17.3. The van der Waals surface area contributed by atoms with E-state index < -0.39 is 7.92 Å². The Morgan fingerprint density at radius 3 is 2.82 bits per heavy atom. The summed E-state index contributed by atoms with van der Waals surface area (Å²) in [6, 6.07) is 10.5. The number of ether oxygens (including phenoxy) is 3. The van der Waals surface area contributed by atoms with Crippen molar-refractivity contribution in [2.24, 2.45) is 5.92 Å². The highest BCUT2D eigenvalue weighted by atomic mass is 31.1. The highest BCUT2D eigenvalue weighted by Gasteiger charge is 2.40. The van der Waals surface area contributed by atoms with Crippen LogP contribution in [0.4, 0.5) is 0 Å². The van der Waals surface area contributed by atoms with Crippen LogP contribution < -0.4 is 5.30 Å². The van der Waals surface area contributed by atoms with E-state index in [0.717, 1.165) is 19.4 Å². The van der Waals surface area contributed by atoms with Crippen molar-refractivity contribution in [3.8, 4) is 0 Å². The van der Waals surface area contributed by atoms with E-state index in [9.17, 15) is 0 Å². The first-order valence-corrected chi connectivity index (χ1v) is 9.62. The second kappa shape index (κ2) is 7.88. The van der Waals surface area contributed by atoms with E-state index in [0.29, 0.717) is 18.2 Å². The van der Waals surface area contributed by atoms with E-state index in [4.69, 9.17) is 20.9 Å². The Balaban J connectivity index is 1.67. The molecule has 22 heavy (non-hydrogen) atoms. The fourth-order valence-corrected chi connectivity index (χ4v) is 5.63. The topological polar surface area (TPSA) is 27.7 Å². The summed E-state index contributed by atoms with van der Waals surface area (Å²) in [5, 5.41) is 1.28. The van der Waals surface area contributed by atoms with Crippen molar-refractivity contribution in [3.63, 3.8) is 0 Å². The quantitative estimate of drug-likeness (QED) is 0.778. The summed E-state index contributed by atoms with van der Waals surface area (Å²) in [5.74, 6) is 0.413. The summed E-state index contributed by atoms with van der Waals surface area (Å²) >= 11 is 0. The van der Waals surface area contributed by atoms with Crippen LogP contribution in [0, 0.1) is 12.6 Å². The normalized spacial score (nSPS) is 33.7. The van der Waals surface area contributed by atoms with Crippen LogP contribution in [-0.4, -0.2) is 38.4 Å². The molecule has 1 saturated carbocycles. The molecule has 0 bridgehead atoms. The zero-order valence-electron chi connectivity index (χ0n) is 13.2. The second-order valence-electron chi connectivity index (χ2n) is 6.15. The largest absolute Gasteiger partial charge is 0.382 e. The number of benzene rings is 1. The summed E-state index contributed by atoms with van der Waals surface area (Å²) in [4.78, 5) is 0. The van der Waals surface area contributed by atoms with E-state index in [-0.39, 0.29) is 12.4 Å². The SMILES string of the molecule is [CH]P(c1ccccc1)C1CCCC1[C@H]1OCC[C@@H](COC)O1. The van der Waals surface area contributed by atoms with Crippen molar-refractivity contribution in [2.45, 2.75) is 43.7 Å². The van der Waals surface area contributed by atoms with E-state index >= 15 is 0 Å². The van der Waals surface area contributed by atoms with Crippen LogP contribution in [0.25, 0.3) is 0 Å². The Hall–Kier alpha value is -0.470. The molecule has 0 aromatic heterocycles. The number of hydrogen-bond acceptors (Lipinski definition) is 3. The maximum Gasteiger partial charge on any atom is 0.161 e. The third-order valence-electron chi connectivity index (χ3n) is 4.69. The molecule has 1 saturated heterocycles. The smallest absolute Gasteiger partial charge is 0.161 e. The molecule has 3 unspecified atom stereocenters. The molecule has 3 rings (SSSR count). The minimum atomic E-state index is -0.654. The van der Waals surface area contributed by atoms with E-state index in [2.05, 4.69) is 24.3 Å². The Kier molecular flexibility index (Phi) is 5.87. The lowest BCUT2D eigenvalue weighted by atomic mass is 10.1. The molecule has 120 valence electrons. The van der Waals surface area contributed by atoms with Crippen molar-refractivity contribution in [2.75, 3.05) is 20.3 Å². The fourth-order valence-electron chi connectivity index (χ4n) is 3.57. The Morgan fingerprint density at radius 2 is 2.05 bits per heavy atom. The van der Waals surface area contributed by atoms with Crippen molar-refractivity contribution in [1.82, 2.24) is 0 Å². The van der Waals surface area contributed by atoms with Gasteiger partial charge < -0.3 is 14.2 Å². The summed E-state index contributed by atoms with van der Waals surface area (Å²) in [6.45, 7) is 8.03. The van der Waals surface area contributed by atoms with Crippen LogP contribution in [0.2, 0.25) is 0 Å². The highest BCUT2D eigenvalue weighted by Crippen LogP contribution is 2.51. The van der Waals surface area contributed by atoms with Crippen LogP contribution in [-0.2, 0) is 14.2 Å². The molecule has 2 aliphatic rings. The van der Waals surface area contributed by atoms with Gasteiger partial charge in [-0.25, -0.2) is 0 Å². The van der Waals surface area contributed by atoms with Gasteiger partial charge in [-0.3, -0.25) is 0 Å². The van der Waals surface area contributed by atoms with Gasteiger partial charge in [0.2, 0.25) is 0 Å². The first kappa shape index (κ1) is 16.4. The molecule has 1 aliphatic carbocycles. The molecule has 1 aliphatic heterocycles. The van der Waals surface area contributed by atoms with Crippen LogP contribution in [0.15, 0.2) is 30.3 Å². The van der Waals surface area contributed by atoms with Gasteiger partial charge in [-0.05, 0) is 36.9 Å². The molecule has 0 amide bonds. The lowest BCUT2D eigenvalue weighted by molar-refractivity contribution is -0.241. The van der Waals surface area contributed by atoms with Crippen LogP contribution in [0.1, 0.15) is 25.7 Å². The third kappa shape index (κ3) is 3.71. The number of hydrogen-bond donors (Lipinski definition) is 0. The molecule has 2 fully saturated rings. The molecule has 0 spiro atoms. The summed E-state index contributed by atoms with van der Waals surface area (Å²) in [7, 11) is 1.07. The zero-order chi connectivity index (χ0) is 15.4. The van der Waals surface area contributed by atoms with Gasteiger partial charge in [0.05, 0.1) is 19.3 Å². The number of rotatable bonds is 5. The van der Waals surface area contributed by atoms with Gasteiger partial charge in [-0.15, -0.1) is 0 Å². The molecule has 2 radical (unpaired) electrons. The van der Waals surface area contributed by atoms with Gasteiger partial charge in [-0.1, -0.05) is 44.7 Å². The first-order valence-electron chi connectivity index (χ1n) is 8.14. The van der Waals surface area contributed by atoms with Crippen LogP contribution in [0.5, 0.6) is 0 Å². The standard InChI is InChI=1S/C18H25O3P/c1-19-13-14-11-12-20-18(21-14)16-9-6-10-17(16)22(2)15-7-4-3-5-8-15/h2-5,7-8,14,16-18H,6,9-13H2,1H3/t14-,16?,17?,18-,22?/m0/s1. The zero-order valence-corrected chi connectivity index (χ0v) is 14.1. The Labute approximate surface area is 135 Å². The Bertz CT molecular complexity index is 451. The molecule has 3 nitrogen and oxygen atoms in total. The number of methoxy groups -OCH3 is 1. The lowest BCUT2D eigenvalue weighted by Crippen LogP contribution is -2.41. The molecule has 4 heteroatoms. The average Bonchev–Trinajstić information content (AvgIpc) is 3.05. The summed E-state index contributed by atoms with van der Waals surface area (Å²) in [6.07, 6.45) is 4.51. The molecule has 0 N–H and O–H groups in total. The fraction of sp³-hybridized carbons (Fsp3) is 0.611. The first-order chi connectivity index (χ1) is 10.8. The minimum absolute atomic E-state index is 0.112. The predicted molar refractivity (Wildman–Crippen MR) is 89.5 cm³/mol. The van der Waals surface area contributed by atoms with Gasteiger partial charge in [0.1, 0.15) is 0 Å². The minimum Gasteiger partial charge on any atom is -0.382 e. The van der Waals surface area contributed by atoms with Gasteiger partial charge in [0.25, 0.3) is 0 Å². The van der Waals surface area contributed by atoms with Crippen LogP contribution in [0.3, 0.4) is 0 Å². The van der Waals surface area contributed by atoms with Gasteiger partial charge >= 0.3 is 0 Å².